The Morgan fingerprint density at radius 3 is 2.69 bits per heavy atom. The summed E-state index contributed by atoms with van der Waals surface area (Å²) in [6, 6.07) is 7.69. The van der Waals surface area contributed by atoms with Crippen molar-refractivity contribution in [3.63, 3.8) is 0 Å². The van der Waals surface area contributed by atoms with Crippen molar-refractivity contribution in [2.24, 2.45) is 0 Å². The van der Waals surface area contributed by atoms with Gasteiger partial charge < -0.3 is 0 Å². The van der Waals surface area contributed by atoms with Crippen molar-refractivity contribution in [2.45, 2.75) is 32.6 Å². The highest BCUT2D eigenvalue weighted by atomic mass is 16.1. The molecule has 0 aliphatic carbocycles. The Morgan fingerprint density at radius 1 is 1.23 bits per heavy atom. The summed E-state index contributed by atoms with van der Waals surface area (Å²) in [5, 5.41) is 0. The summed E-state index contributed by atoms with van der Waals surface area (Å²) < 4.78 is 0. The molecule has 1 radical (unpaired) electrons. The standard InChI is InChI=1S/C12H15O/c1-2-3-4-7-11-8-5-6-9-12(11)10-13/h5-6,8-9H,2-4,7H2,1H3. The molecule has 1 nitrogen and oxygen atoms in total. The first kappa shape index (κ1) is 9.97. The Balaban J connectivity index is 2.59. The van der Waals surface area contributed by atoms with Gasteiger partial charge in [0.2, 0.25) is 6.29 Å². The number of aryl methyl sites for hydroxylation is 1. The van der Waals surface area contributed by atoms with Gasteiger partial charge in [0.15, 0.2) is 0 Å². The van der Waals surface area contributed by atoms with Gasteiger partial charge in [-0.2, -0.15) is 0 Å². The maximum Gasteiger partial charge on any atom is 0.233 e. The van der Waals surface area contributed by atoms with Crippen molar-refractivity contribution in [3.05, 3.63) is 35.4 Å². The van der Waals surface area contributed by atoms with Crippen LogP contribution in [-0.2, 0) is 11.2 Å². The zero-order chi connectivity index (χ0) is 9.52. The van der Waals surface area contributed by atoms with E-state index in [1.165, 1.54) is 12.8 Å². The third-order valence-electron chi connectivity index (χ3n) is 2.18. The van der Waals surface area contributed by atoms with E-state index >= 15 is 0 Å². The van der Waals surface area contributed by atoms with Crippen LogP contribution in [0.2, 0.25) is 0 Å². The van der Waals surface area contributed by atoms with Gasteiger partial charge in [0.25, 0.3) is 0 Å². The van der Waals surface area contributed by atoms with E-state index in [0.717, 1.165) is 24.0 Å². The predicted octanol–water partition coefficient (Wildman–Crippen LogP) is 2.88. The van der Waals surface area contributed by atoms with Crippen LogP contribution in [0.5, 0.6) is 0 Å². The van der Waals surface area contributed by atoms with E-state index in [4.69, 9.17) is 0 Å². The highest BCUT2D eigenvalue weighted by Gasteiger charge is 1.99. The smallest absolute Gasteiger partial charge is 0.233 e. The molecule has 0 saturated heterocycles. The molecule has 0 aliphatic rings. The van der Waals surface area contributed by atoms with Gasteiger partial charge in [-0.05, 0) is 18.4 Å². The maximum absolute atomic E-state index is 10.5. The third-order valence-corrected chi connectivity index (χ3v) is 2.18. The topological polar surface area (TPSA) is 17.1 Å². The van der Waals surface area contributed by atoms with Gasteiger partial charge in [0, 0.05) is 5.56 Å². The summed E-state index contributed by atoms with van der Waals surface area (Å²) in [7, 11) is 0. The number of hydrogen-bond acceptors (Lipinski definition) is 1. The number of benzene rings is 1. The molecule has 0 N–H and O–H groups in total. The van der Waals surface area contributed by atoms with Crippen LogP contribution in [0.3, 0.4) is 0 Å². The Morgan fingerprint density at radius 2 is 2.00 bits per heavy atom. The molecule has 0 amide bonds. The average Bonchev–Trinajstić information content (AvgIpc) is 2.19. The van der Waals surface area contributed by atoms with Gasteiger partial charge >= 0.3 is 0 Å². The molecule has 1 rings (SSSR count). The molecule has 1 heteroatoms. The molecule has 1 aromatic rings. The van der Waals surface area contributed by atoms with Crippen LogP contribution in [0.25, 0.3) is 0 Å². The van der Waals surface area contributed by atoms with Crippen molar-refractivity contribution in [1.82, 2.24) is 0 Å². The first-order chi connectivity index (χ1) is 6.38. The van der Waals surface area contributed by atoms with Crippen molar-refractivity contribution in [2.75, 3.05) is 0 Å². The lowest BCUT2D eigenvalue weighted by atomic mass is 10.0. The van der Waals surface area contributed by atoms with Crippen molar-refractivity contribution in [1.29, 1.82) is 0 Å². The Labute approximate surface area is 79.8 Å². The molecule has 0 bridgehead atoms. The van der Waals surface area contributed by atoms with E-state index in [9.17, 15) is 4.79 Å². The fraction of sp³-hybridized carbons (Fsp3) is 0.417. The molecule has 0 fully saturated rings. The minimum atomic E-state index is 0.721. The van der Waals surface area contributed by atoms with E-state index < -0.39 is 0 Å². The molecule has 69 valence electrons. The molecule has 0 spiro atoms. The van der Waals surface area contributed by atoms with Crippen LogP contribution in [0.4, 0.5) is 0 Å². The molecule has 0 aromatic heterocycles. The maximum atomic E-state index is 10.5. The van der Waals surface area contributed by atoms with E-state index in [-0.39, 0.29) is 0 Å². The summed E-state index contributed by atoms with van der Waals surface area (Å²) in [6.07, 6.45) is 6.58. The molecule has 0 atom stereocenters. The first-order valence-corrected chi connectivity index (χ1v) is 4.84. The van der Waals surface area contributed by atoms with Crippen LogP contribution in [0.1, 0.15) is 37.3 Å². The predicted molar refractivity (Wildman–Crippen MR) is 54.5 cm³/mol. The van der Waals surface area contributed by atoms with Crippen LogP contribution in [0, 0.1) is 0 Å². The van der Waals surface area contributed by atoms with E-state index in [0.29, 0.717) is 0 Å². The summed E-state index contributed by atoms with van der Waals surface area (Å²) >= 11 is 0. The molecule has 0 aliphatic heterocycles. The number of carbonyl (C=O) groups excluding carboxylic acids is 1. The Kier molecular flexibility index (Phi) is 4.24. The largest absolute Gasteiger partial charge is 0.285 e. The lowest BCUT2D eigenvalue weighted by molar-refractivity contribution is 0.562. The Hall–Kier alpha value is -1.11. The van der Waals surface area contributed by atoms with Crippen LogP contribution in [0.15, 0.2) is 24.3 Å². The van der Waals surface area contributed by atoms with E-state index in [1.54, 1.807) is 0 Å². The van der Waals surface area contributed by atoms with Crippen molar-refractivity contribution < 1.29 is 4.79 Å². The second kappa shape index (κ2) is 5.52. The van der Waals surface area contributed by atoms with Crippen LogP contribution < -0.4 is 0 Å². The highest BCUT2D eigenvalue weighted by Crippen LogP contribution is 2.10. The summed E-state index contributed by atoms with van der Waals surface area (Å²) in [4.78, 5) is 10.5. The quantitative estimate of drug-likeness (QED) is 0.629. The number of hydrogen-bond donors (Lipinski definition) is 0. The molecule has 1 aromatic carbocycles. The lowest BCUT2D eigenvalue weighted by Crippen LogP contribution is -1.92. The summed E-state index contributed by atoms with van der Waals surface area (Å²) in [5.74, 6) is 0. The van der Waals surface area contributed by atoms with Gasteiger partial charge in [-0.3, -0.25) is 4.79 Å². The molecule has 0 heterocycles. The average molecular weight is 175 g/mol. The second-order valence-electron chi connectivity index (χ2n) is 3.22. The van der Waals surface area contributed by atoms with Gasteiger partial charge in [-0.1, -0.05) is 44.0 Å². The zero-order valence-corrected chi connectivity index (χ0v) is 8.05. The fourth-order valence-corrected chi connectivity index (χ4v) is 1.40. The van der Waals surface area contributed by atoms with E-state index in [1.807, 2.05) is 30.6 Å². The zero-order valence-electron chi connectivity index (χ0n) is 8.05. The fourth-order valence-electron chi connectivity index (χ4n) is 1.40. The van der Waals surface area contributed by atoms with Gasteiger partial charge in [0.1, 0.15) is 0 Å². The molecular formula is C12H15O. The van der Waals surface area contributed by atoms with Gasteiger partial charge in [0.05, 0.1) is 0 Å². The van der Waals surface area contributed by atoms with Gasteiger partial charge in [-0.25, -0.2) is 0 Å². The summed E-state index contributed by atoms with van der Waals surface area (Å²) in [6.45, 7) is 2.18. The Bertz CT molecular complexity index is 266. The second-order valence-corrected chi connectivity index (χ2v) is 3.22. The minimum absolute atomic E-state index is 0.721. The molecule has 13 heavy (non-hydrogen) atoms. The normalized spacial score (nSPS) is 9.92. The van der Waals surface area contributed by atoms with Crippen LogP contribution in [-0.4, -0.2) is 6.29 Å². The SMILES string of the molecule is CCCCCc1ccccc1[C]=O. The highest BCUT2D eigenvalue weighted by molar-refractivity contribution is 5.77. The van der Waals surface area contributed by atoms with Gasteiger partial charge in [-0.15, -0.1) is 0 Å². The van der Waals surface area contributed by atoms with Crippen molar-refractivity contribution >= 4 is 6.29 Å². The lowest BCUT2D eigenvalue weighted by Gasteiger charge is -2.02. The monoisotopic (exact) mass is 175 g/mol. The first-order valence-electron chi connectivity index (χ1n) is 4.84. The van der Waals surface area contributed by atoms with E-state index in [2.05, 4.69) is 6.92 Å². The number of rotatable bonds is 5. The molecule has 0 saturated carbocycles. The number of unbranched alkanes of at least 4 members (excludes halogenated alkanes) is 2. The van der Waals surface area contributed by atoms with Crippen LogP contribution >= 0.6 is 0 Å². The molecular weight excluding hydrogens is 160 g/mol. The molecule has 0 unspecified atom stereocenters. The minimum Gasteiger partial charge on any atom is -0.285 e. The van der Waals surface area contributed by atoms with Crippen molar-refractivity contribution in [3.8, 4) is 0 Å². The summed E-state index contributed by atoms with van der Waals surface area (Å²) in [5.41, 5.74) is 1.85. The third kappa shape index (κ3) is 3.02.